The van der Waals surface area contributed by atoms with Crippen LogP contribution in [0.1, 0.15) is 20.8 Å². The summed E-state index contributed by atoms with van der Waals surface area (Å²) in [7, 11) is -1.65. The van der Waals surface area contributed by atoms with E-state index in [0.29, 0.717) is 0 Å². The van der Waals surface area contributed by atoms with Crippen molar-refractivity contribution in [1.29, 1.82) is 0 Å². The summed E-state index contributed by atoms with van der Waals surface area (Å²) in [5, 5.41) is 9.07. The van der Waals surface area contributed by atoms with Gasteiger partial charge in [-0.1, -0.05) is 33.9 Å². The van der Waals surface area contributed by atoms with E-state index in [1.165, 1.54) is 0 Å². The topological polar surface area (TPSA) is 49.3 Å². The molecule has 0 aliphatic rings. The quantitative estimate of drug-likeness (QED) is 0.532. The van der Waals surface area contributed by atoms with Gasteiger partial charge in [0.25, 0.3) is 0 Å². The number of aliphatic hydroxyl groups is 1. The van der Waals surface area contributed by atoms with Crippen molar-refractivity contribution in [2.75, 3.05) is 6.61 Å². The average molecular weight is 203 g/mol. The number of nitrogens with one attached hydrogen (secondary N) is 1. The van der Waals surface area contributed by atoms with Gasteiger partial charge in [-0.15, -0.1) is 0 Å². The number of aliphatic hydroxyl groups excluding tert-OH is 1. The minimum absolute atomic E-state index is 0.115. The van der Waals surface area contributed by atoms with Crippen molar-refractivity contribution in [2.24, 2.45) is 0 Å². The lowest BCUT2D eigenvalue weighted by Gasteiger charge is -2.38. The summed E-state index contributed by atoms with van der Waals surface area (Å²) in [6, 6.07) is -0.402. The predicted molar refractivity (Wildman–Crippen MR) is 57.3 cm³/mol. The lowest BCUT2D eigenvalue weighted by Crippen LogP contribution is -2.57. The van der Waals surface area contributed by atoms with Crippen molar-refractivity contribution in [3.63, 3.8) is 0 Å². The zero-order valence-electron chi connectivity index (χ0n) is 9.22. The maximum atomic E-state index is 10.5. The molecule has 0 fully saturated rings. The van der Waals surface area contributed by atoms with Crippen LogP contribution in [0, 0.1) is 0 Å². The van der Waals surface area contributed by atoms with Gasteiger partial charge in [0, 0.05) is 0 Å². The summed E-state index contributed by atoms with van der Waals surface area (Å²) >= 11 is 0. The van der Waals surface area contributed by atoms with Crippen LogP contribution in [0.4, 0.5) is 0 Å². The largest absolute Gasteiger partial charge is 0.394 e. The van der Waals surface area contributed by atoms with E-state index in [0.717, 1.165) is 6.29 Å². The highest BCUT2D eigenvalue weighted by atomic mass is 28.3. The monoisotopic (exact) mass is 203 g/mol. The van der Waals surface area contributed by atoms with E-state index in [1.807, 2.05) is 0 Å². The van der Waals surface area contributed by atoms with Crippen LogP contribution in [0.15, 0.2) is 0 Å². The molecule has 0 heterocycles. The number of hydrogen-bond donors (Lipinski definition) is 2. The van der Waals surface area contributed by atoms with E-state index in [9.17, 15) is 4.79 Å². The fraction of sp³-hybridized carbons (Fsp3) is 0.889. The molecule has 0 aliphatic carbocycles. The molecule has 0 aromatic heterocycles. The van der Waals surface area contributed by atoms with Crippen LogP contribution in [0.3, 0.4) is 0 Å². The Kier molecular flexibility index (Phi) is 4.28. The first kappa shape index (κ1) is 12.8. The highest BCUT2D eigenvalue weighted by molar-refractivity contribution is 6.78. The summed E-state index contributed by atoms with van der Waals surface area (Å²) in [5.41, 5.74) is 0. The molecule has 0 aromatic rings. The second kappa shape index (κ2) is 4.35. The normalized spacial score (nSPS) is 15.5. The molecule has 2 N–H and O–H groups in total. The number of carbonyl (C=O) groups is 1. The van der Waals surface area contributed by atoms with Crippen LogP contribution in [-0.2, 0) is 4.79 Å². The Morgan fingerprint density at radius 2 is 1.92 bits per heavy atom. The van der Waals surface area contributed by atoms with Crippen molar-refractivity contribution < 1.29 is 9.90 Å². The Morgan fingerprint density at radius 1 is 1.46 bits per heavy atom. The zero-order chi connectivity index (χ0) is 10.7. The SMILES string of the molecule is CC(C)(C)[Si](C)(C)NC(C=O)CO. The van der Waals surface area contributed by atoms with E-state index in [2.05, 4.69) is 38.8 Å². The van der Waals surface area contributed by atoms with Gasteiger partial charge in [0.1, 0.15) is 14.5 Å². The smallest absolute Gasteiger partial charge is 0.138 e. The molecule has 78 valence electrons. The van der Waals surface area contributed by atoms with Crippen LogP contribution in [0.5, 0.6) is 0 Å². The molecule has 1 atom stereocenters. The van der Waals surface area contributed by atoms with Crippen LogP contribution < -0.4 is 4.98 Å². The van der Waals surface area contributed by atoms with Crippen molar-refractivity contribution in [3.8, 4) is 0 Å². The molecule has 0 spiro atoms. The minimum atomic E-state index is -1.65. The predicted octanol–water partition coefficient (Wildman–Crippen LogP) is 1.14. The molecular weight excluding hydrogens is 182 g/mol. The van der Waals surface area contributed by atoms with E-state index in [4.69, 9.17) is 5.11 Å². The molecule has 1 unspecified atom stereocenters. The van der Waals surface area contributed by atoms with Gasteiger partial charge in [-0.2, -0.15) is 0 Å². The van der Waals surface area contributed by atoms with Crippen molar-refractivity contribution in [1.82, 2.24) is 4.98 Å². The Bertz CT molecular complexity index is 175. The van der Waals surface area contributed by atoms with Crippen LogP contribution in [0.2, 0.25) is 18.1 Å². The fourth-order valence-corrected chi connectivity index (χ4v) is 2.32. The van der Waals surface area contributed by atoms with Gasteiger partial charge in [-0.05, 0) is 5.04 Å². The summed E-state index contributed by atoms with van der Waals surface area (Å²) in [4.78, 5) is 13.8. The van der Waals surface area contributed by atoms with Gasteiger partial charge in [0.2, 0.25) is 0 Å². The zero-order valence-corrected chi connectivity index (χ0v) is 10.2. The lowest BCUT2D eigenvalue weighted by atomic mass is 10.2. The second-order valence-corrected chi connectivity index (χ2v) is 9.98. The first-order valence-electron chi connectivity index (χ1n) is 4.58. The van der Waals surface area contributed by atoms with Crippen LogP contribution in [0.25, 0.3) is 0 Å². The average Bonchev–Trinajstić information content (AvgIpc) is 1.98. The van der Waals surface area contributed by atoms with Gasteiger partial charge >= 0.3 is 0 Å². The van der Waals surface area contributed by atoms with E-state index < -0.39 is 14.3 Å². The molecule has 0 aliphatic heterocycles. The van der Waals surface area contributed by atoms with Crippen molar-refractivity contribution >= 4 is 14.5 Å². The highest BCUT2D eigenvalue weighted by Crippen LogP contribution is 2.33. The summed E-state index contributed by atoms with van der Waals surface area (Å²) < 4.78 is 0. The molecular formula is C9H21NO2Si. The summed E-state index contributed by atoms with van der Waals surface area (Å²) in [6.07, 6.45) is 0.778. The van der Waals surface area contributed by atoms with E-state index >= 15 is 0 Å². The van der Waals surface area contributed by atoms with Gasteiger partial charge < -0.3 is 14.9 Å². The minimum Gasteiger partial charge on any atom is -0.394 e. The third-order valence-electron chi connectivity index (χ3n) is 2.78. The molecule has 0 saturated heterocycles. The Balaban J connectivity index is 4.40. The van der Waals surface area contributed by atoms with Gasteiger partial charge in [0.05, 0.1) is 12.6 Å². The standard InChI is InChI=1S/C9H21NO2Si/c1-9(2,3)13(4,5)10-8(6-11)7-12/h6,8,10,12H,7H2,1-5H3. The molecule has 3 nitrogen and oxygen atoms in total. The van der Waals surface area contributed by atoms with Gasteiger partial charge in [-0.3, -0.25) is 0 Å². The maximum Gasteiger partial charge on any atom is 0.138 e. The van der Waals surface area contributed by atoms with Crippen molar-refractivity contribution in [2.45, 2.75) is 44.9 Å². The molecule has 13 heavy (non-hydrogen) atoms. The third-order valence-corrected chi connectivity index (χ3v) is 7.62. The second-order valence-electron chi connectivity index (χ2n) is 4.94. The van der Waals surface area contributed by atoms with Gasteiger partial charge in [0.15, 0.2) is 0 Å². The number of rotatable bonds is 4. The van der Waals surface area contributed by atoms with Crippen LogP contribution in [-0.4, -0.2) is 32.3 Å². The van der Waals surface area contributed by atoms with E-state index in [1.54, 1.807) is 0 Å². The number of aldehydes is 1. The van der Waals surface area contributed by atoms with Crippen LogP contribution >= 0.6 is 0 Å². The first-order chi connectivity index (χ1) is 5.74. The maximum absolute atomic E-state index is 10.5. The Labute approximate surface area is 81.6 Å². The van der Waals surface area contributed by atoms with E-state index in [-0.39, 0.29) is 11.6 Å². The number of carbonyl (C=O) groups excluding carboxylic acids is 1. The molecule has 0 amide bonds. The molecule has 0 bridgehead atoms. The molecule has 0 aromatic carbocycles. The Hall–Kier alpha value is -0.193. The lowest BCUT2D eigenvalue weighted by molar-refractivity contribution is -0.110. The number of hydrogen-bond acceptors (Lipinski definition) is 3. The first-order valence-corrected chi connectivity index (χ1v) is 7.58. The molecule has 0 radical (unpaired) electrons. The summed E-state index contributed by atoms with van der Waals surface area (Å²) in [6.45, 7) is 10.7. The third kappa shape index (κ3) is 3.58. The molecule has 0 saturated carbocycles. The van der Waals surface area contributed by atoms with Gasteiger partial charge in [-0.25, -0.2) is 0 Å². The highest BCUT2D eigenvalue weighted by Gasteiger charge is 2.36. The summed E-state index contributed by atoms with van der Waals surface area (Å²) in [5.74, 6) is 0. The Morgan fingerprint density at radius 3 is 2.15 bits per heavy atom. The molecule has 4 heteroatoms. The van der Waals surface area contributed by atoms with Crippen molar-refractivity contribution in [3.05, 3.63) is 0 Å². The fourth-order valence-electron chi connectivity index (χ4n) is 0.803. The molecule has 0 rings (SSSR count).